The fourth-order valence-corrected chi connectivity index (χ4v) is 1.78. The number of aromatic nitrogens is 2. The van der Waals surface area contributed by atoms with Crippen LogP contribution in [0.5, 0.6) is 0 Å². The van der Waals surface area contributed by atoms with Crippen molar-refractivity contribution < 1.29 is 9.53 Å². The quantitative estimate of drug-likeness (QED) is 0.844. The fourth-order valence-electron chi connectivity index (χ4n) is 1.78. The third-order valence-electron chi connectivity index (χ3n) is 3.02. The van der Waals surface area contributed by atoms with E-state index in [4.69, 9.17) is 0 Å². The Morgan fingerprint density at radius 1 is 1.35 bits per heavy atom. The van der Waals surface area contributed by atoms with Gasteiger partial charge in [-0.1, -0.05) is 6.07 Å². The van der Waals surface area contributed by atoms with E-state index < -0.39 is 0 Å². The predicted octanol–water partition coefficient (Wildman–Crippen LogP) is 2.11. The molecule has 2 rings (SSSR count). The second-order valence-electron chi connectivity index (χ2n) is 4.42. The Bertz CT molecular complexity index is 555. The maximum atomic E-state index is 11.3. The number of hydrogen-bond acceptors (Lipinski definition) is 5. The summed E-state index contributed by atoms with van der Waals surface area (Å²) in [6, 6.07) is 7.65. The van der Waals surface area contributed by atoms with Crippen LogP contribution in [0.4, 0.5) is 0 Å². The predicted molar refractivity (Wildman–Crippen MR) is 75.1 cm³/mol. The summed E-state index contributed by atoms with van der Waals surface area (Å²) in [5, 5.41) is 3.36. The van der Waals surface area contributed by atoms with Gasteiger partial charge in [0.25, 0.3) is 0 Å². The highest BCUT2D eigenvalue weighted by Gasteiger charge is 2.07. The zero-order valence-corrected chi connectivity index (χ0v) is 11.5. The lowest BCUT2D eigenvalue weighted by Gasteiger charge is -2.13. The lowest BCUT2D eigenvalue weighted by molar-refractivity contribution is 0.0600. The van der Waals surface area contributed by atoms with Crippen LogP contribution in [0.2, 0.25) is 0 Å². The molecule has 2 aromatic heterocycles. The van der Waals surface area contributed by atoms with Crippen molar-refractivity contribution >= 4 is 5.97 Å². The second kappa shape index (κ2) is 6.77. The summed E-state index contributed by atoms with van der Waals surface area (Å²) in [4.78, 5) is 19.6. The SMILES string of the molecule is COC(=O)c1ccc(CNC(C)c2cccnc2)nc1. The van der Waals surface area contributed by atoms with Gasteiger partial charge in [-0.15, -0.1) is 0 Å². The molecule has 2 aromatic rings. The summed E-state index contributed by atoms with van der Waals surface area (Å²) in [5.41, 5.74) is 2.45. The van der Waals surface area contributed by atoms with Gasteiger partial charge in [0.1, 0.15) is 0 Å². The van der Waals surface area contributed by atoms with E-state index in [1.165, 1.54) is 13.3 Å². The Balaban J connectivity index is 1.93. The van der Waals surface area contributed by atoms with Gasteiger partial charge < -0.3 is 10.1 Å². The van der Waals surface area contributed by atoms with Gasteiger partial charge in [-0.25, -0.2) is 4.79 Å². The van der Waals surface area contributed by atoms with Crippen LogP contribution in [-0.2, 0) is 11.3 Å². The first-order chi connectivity index (χ1) is 9.70. The highest BCUT2D eigenvalue weighted by Crippen LogP contribution is 2.10. The molecule has 104 valence electrons. The number of esters is 1. The highest BCUT2D eigenvalue weighted by molar-refractivity contribution is 5.88. The molecule has 0 aliphatic heterocycles. The average molecular weight is 271 g/mol. The maximum Gasteiger partial charge on any atom is 0.339 e. The number of carbonyl (C=O) groups is 1. The van der Waals surface area contributed by atoms with Crippen LogP contribution >= 0.6 is 0 Å². The van der Waals surface area contributed by atoms with Crippen molar-refractivity contribution in [1.82, 2.24) is 15.3 Å². The summed E-state index contributed by atoms with van der Waals surface area (Å²) >= 11 is 0. The normalized spacial score (nSPS) is 11.9. The van der Waals surface area contributed by atoms with Gasteiger partial charge >= 0.3 is 5.97 Å². The molecule has 1 atom stereocenters. The van der Waals surface area contributed by atoms with Gasteiger partial charge in [-0.2, -0.15) is 0 Å². The van der Waals surface area contributed by atoms with Crippen molar-refractivity contribution in [2.75, 3.05) is 7.11 Å². The Hall–Kier alpha value is -2.27. The minimum Gasteiger partial charge on any atom is -0.465 e. The first-order valence-corrected chi connectivity index (χ1v) is 6.37. The highest BCUT2D eigenvalue weighted by atomic mass is 16.5. The van der Waals surface area contributed by atoms with Gasteiger partial charge in [-0.3, -0.25) is 9.97 Å². The third kappa shape index (κ3) is 3.61. The molecule has 2 heterocycles. The number of nitrogens with zero attached hydrogens (tertiary/aromatic N) is 2. The number of pyridine rings is 2. The summed E-state index contributed by atoms with van der Waals surface area (Å²) in [6.45, 7) is 2.69. The molecule has 0 aliphatic rings. The van der Waals surface area contributed by atoms with Crippen LogP contribution in [0, 0.1) is 0 Å². The van der Waals surface area contributed by atoms with Crippen molar-refractivity contribution in [2.24, 2.45) is 0 Å². The topological polar surface area (TPSA) is 64.1 Å². The summed E-state index contributed by atoms with van der Waals surface area (Å²) in [7, 11) is 1.35. The average Bonchev–Trinajstić information content (AvgIpc) is 2.53. The van der Waals surface area contributed by atoms with E-state index in [9.17, 15) is 4.79 Å². The number of rotatable bonds is 5. The Labute approximate surface area is 118 Å². The van der Waals surface area contributed by atoms with Crippen molar-refractivity contribution in [2.45, 2.75) is 19.5 Å². The molecule has 0 bridgehead atoms. The number of methoxy groups -OCH3 is 1. The van der Waals surface area contributed by atoms with Gasteiger partial charge in [0.15, 0.2) is 0 Å². The molecule has 1 N–H and O–H groups in total. The standard InChI is InChI=1S/C15H17N3O2/c1-11(12-4-3-7-16-8-12)17-10-14-6-5-13(9-18-14)15(19)20-2/h3-9,11,17H,10H2,1-2H3. The number of ether oxygens (including phenoxy) is 1. The minimum atomic E-state index is -0.374. The molecule has 0 saturated carbocycles. The van der Waals surface area contributed by atoms with Crippen LogP contribution in [0.25, 0.3) is 0 Å². The van der Waals surface area contributed by atoms with Gasteiger partial charge in [0, 0.05) is 31.2 Å². The van der Waals surface area contributed by atoms with E-state index in [0.717, 1.165) is 11.3 Å². The first-order valence-electron chi connectivity index (χ1n) is 6.37. The summed E-state index contributed by atoms with van der Waals surface area (Å²) in [5.74, 6) is -0.374. The summed E-state index contributed by atoms with van der Waals surface area (Å²) in [6.07, 6.45) is 5.12. The number of nitrogens with one attached hydrogen (secondary N) is 1. The molecule has 0 spiro atoms. The zero-order valence-electron chi connectivity index (χ0n) is 11.5. The maximum absolute atomic E-state index is 11.3. The lowest BCUT2D eigenvalue weighted by Crippen LogP contribution is -2.19. The molecule has 5 nitrogen and oxygen atoms in total. The van der Waals surface area contributed by atoms with E-state index in [0.29, 0.717) is 12.1 Å². The number of hydrogen-bond donors (Lipinski definition) is 1. The molecule has 0 aromatic carbocycles. The smallest absolute Gasteiger partial charge is 0.339 e. The van der Waals surface area contributed by atoms with E-state index in [2.05, 4.69) is 26.9 Å². The van der Waals surface area contributed by atoms with Crippen molar-refractivity contribution in [3.8, 4) is 0 Å². The van der Waals surface area contributed by atoms with E-state index in [-0.39, 0.29) is 12.0 Å². The molecule has 5 heteroatoms. The van der Waals surface area contributed by atoms with Gasteiger partial charge in [0.2, 0.25) is 0 Å². The molecule has 0 saturated heterocycles. The molecular formula is C15H17N3O2. The number of carbonyl (C=O) groups excluding carboxylic acids is 1. The lowest BCUT2D eigenvalue weighted by atomic mass is 10.1. The molecule has 0 amide bonds. The Morgan fingerprint density at radius 3 is 2.80 bits per heavy atom. The van der Waals surface area contributed by atoms with Crippen molar-refractivity contribution in [1.29, 1.82) is 0 Å². The van der Waals surface area contributed by atoms with Crippen molar-refractivity contribution in [3.63, 3.8) is 0 Å². The van der Waals surface area contributed by atoms with Crippen LogP contribution in [0.15, 0.2) is 42.9 Å². The Morgan fingerprint density at radius 2 is 2.20 bits per heavy atom. The van der Waals surface area contributed by atoms with Crippen LogP contribution in [-0.4, -0.2) is 23.0 Å². The second-order valence-corrected chi connectivity index (χ2v) is 4.42. The van der Waals surface area contributed by atoms with E-state index >= 15 is 0 Å². The molecule has 0 fully saturated rings. The van der Waals surface area contributed by atoms with Crippen LogP contribution < -0.4 is 5.32 Å². The van der Waals surface area contributed by atoms with Crippen LogP contribution in [0.1, 0.15) is 34.6 Å². The van der Waals surface area contributed by atoms with Crippen molar-refractivity contribution in [3.05, 3.63) is 59.7 Å². The molecule has 0 aliphatic carbocycles. The molecule has 0 radical (unpaired) electrons. The van der Waals surface area contributed by atoms with Gasteiger partial charge in [0.05, 0.1) is 18.4 Å². The largest absolute Gasteiger partial charge is 0.465 e. The van der Waals surface area contributed by atoms with E-state index in [1.807, 2.05) is 24.4 Å². The molecule has 20 heavy (non-hydrogen) atoms. The fraction of sp³-hybridized carbons (Fsp3) is 0.267. The molecule has 1 unspecified atom stereocenters. The van der Waals surface area contributed by atoms with Gasteiger partial charge in [-0.05, 0) is 30.7 Å². The minimum absolute atomic E-state index is 0.186. The van der Waals surface area contributed by atoms with E-state index in [1.54, 1.807) is 12.3 Å². The first kappa shape index (κ1) is 14.1. The summed E-state index contributed by atoms with van der Waals surface area (Å²) < 4.78 is 4.63. The third-order valence-corrected chi connectivity index (χ3v) is 3.02. The molecular weight excluding hydrogens is 254 g/mol. The van der Waals surface area contributed by atoms with Crippen LogP contribution in [0.3, 0.4) is 0 Å². The monoisotopic (exact) mass is 271 g/mol. The Kier molecular flexibility index (Phi) is 4.79. The zero-order chi connectivity index (χ0) is 14.4.